The maximum atomic E-state index is 13.0. The van der Waals surface area contributed by atoms with Gasteiger partial charge in [-0.3, -0.25) is 0 Å². The number of halogens is 4. The molecule has 2 aromatic rings. The van der Waals surface area contributed by atoms with Gasteiger partial charge in [-0.05, 0) is 30.2 Å². The lowest BCUT2D eigenvalue weighted by atomic mass is 10.0. The Labute approximate surface area is 118 Å². The summed E-state index contributed by atoms with van der Waals surface area (Å²) in [5.41, 5.74) is 2.10. The van der Waals surface area contributed by atoms with Crippen LogP contribution in [0.4, 0.5) is 19.0 Å². The summed E-state index contributed by atoms with van der Waals surface area (Å²) >= 11 is 5.76. The minimum atomic E-state index is -4.52. The molecule has 0 unspecified atom stereocenters. The Balaban J connectivity index is 2.77. The fourth-order valence-corrected chi connectivity index (χ4v) is 2.32. The highest BCUT2D eigenvalue weighted by atomic mass is 35.5. The third kappa shape index (κ3) is 2.81. The number of benzene rings is 1. The lowest BCUT2D eigenvalue weighted by Crippen LogP contribution is -2.13. The number of nitrogens with one attached hydrogen (secondary N) is 1. The van der Waals surface area contributed by atoms with Crippen LogP contribution in [0, 0.1) is 0 Å². The van der Waals surface area contributed by atoms with E-state index in [1.807, 2.05) is 6.92 Å². The third-order valence-corrected chi connectivity index (χ3v) is 3.14. The Morgan fingerprint density at radius 1 is 1.30 bits per heavy atom. The predicted octanol–water partition coefficient (Wildman–Crippen LogP) is 4.15. The van der Waals surface area contributed by atoms with Crippen molar-refractivity contribution in [3.05, 3.63) is 34.3 Å². The SMILES string of the molecule is CCCc1cc2cc(Cl)cc(C(F)(F)F)c2nc1NN. The topological polar surface area (TPSA) is 50.9 Å². The first-order chi connectivity index (χ1) is 9.36. The smallest absolute Gasteiger partial charge is 0.308 e. The van der Waals surface area contributed by atoms with E-state index in [-0.39, 0.29) is 16.4 Å². The molecule has 108 valence electrons. The summed E-state index contributed by atoms with van der Waals surface area (Å²) in [7, 11) is 0. The molecule has 0 aliphatic heterocycles. The summed E-state index contributed by atoms with van der Waals surface area (Å²) in [5.74, 6) is 5.60. The molecule has 0 atom stereocenters. The molecule has 2 rings (SSSR count). The van der Waals surface area contributed by atoms with Crippen molar-refractivity contribution in [2.45, 2.75) is 25.9 Å². The van der Waals surface area contributed by atoms with Crippen LogP contribution in [0.5, 0.6) is 0 Å². The first-order valence-corrected chi connectivity index (χ1v) is 6.41. The van der Waals surface area contributed by atoms with Gasteiger partial charge in [-0.25, -0.2) is 10.8 Å². The molecule has 0 spiro atoms. The van der Waals surface area contributed by atoms with Crippen molar-refractivity contribution in [3.8, 4) is 0 Å². The third-order valence-electron chi connectivity index (χ3n) is 2.92. The number of nitrogen functional groups attached to an aromatic ring is 1. The largest absolute Gasteiger partial charge is 0.418 e. The van der Waals surface area contributed by atoms with Crippen LogP contribution in [0.1, 0.15) is 24.5 Å². The molecule has 1 aromatic carbocycles. The van der Waals surface area contributed by atoms with Crippen LogP contribution in [-0.4, -0.2) is 4.98 Å². The molecule has 7 heteroatoms. The predicted molar refractivity (Wildman–Crippen MR) is 73.6 cm³/mol. The summed E-state index contributed by atoms with van der Waals surface area (Å²) in [6.07, 6.45) is -3.03. The van der Waals surface area contributed by atoms with Crippen LogP contribution in [0.15, 0.2) is 18.2 Å². The highest BCUT2D eigenvalue weighted by Gasteiger charge is 2.34. The van der Waals surface area contributed by atoms with Gasteiger partial charge in [0.05, 0.1) is 11.1 Å². The molecule has 0 aliphatic rings. The van der Waals surface area contributed by atoms with Crippen molar-refractivity contribution in [2.24, 2.45) is 5.84 Å². The first-order valence-electron chi connectivity index (χ1n) is 6.03. The number of alkyl halides is 3. The number of pyridine rings is 1. The van der Waals surface area contributed by atoms with Crippen molar-refractivity contribution < 1.29 is 13.2 Å². The number of aromatic nitrogens is 1. The Hall–Kier alpha value is -1.53. The minimum absolute atomic E-state index is 0.0301. The summed E-state index contributed by atoms with van der Waals surface area (Å²) in [5, 5.41) is 0.384. The van der Waals surface area contributed by atoms with E-state index < -0.39 is 11.7 Å². The molecule has 1 heterocycles. The Bertz CT molecular complexity index is 641. The van der Waals surface area contributed by atoms with Crippen LogP contribution >= 0.6 is 11.6 Å². The minimum Gasteiger partial charge on any atom is -0.308 e. The van der Waals surface area contributed by atoms with Crippen LogP contribution in [0.25, 0.3) is 10.9 Å². The maximum absolute atomic E-state index is 13.0. The molecule has 0 saturated carbocycles. The average Bonchev–Trinajstić information content (AvgIpc) is 2.36. The summed E-state index contributed by atoms with van der Waals surface area (Å²) in [4.78, 5) is 4.01. The number of nitrogens with two attached hydrogens (primary N) is 1. The molecule has 0 saturated heterocycles. The van der Waals surface area contributed by atoms with Gasteiger partial charge < -0.3 is 5.43 Å². The van der Waals surface area contributed by atoms with Crippen molar-refractivity contribution in [1.29, 1.82) is 0 Å². The van der Waals surface area contributed by atoms with Crippen molar-refractivity contribution in [2.75, 3.05) is 5.43 Å². The van der Waals surface area contributed by atoms with E-state index in [1.54, 1.807) is 6.07 Å². The zero-order valence-corrected chi connectivity index (χ0v) is 11.4. The number of aryl methyl sites for hydroxylation is 1. The van der Waals surface area contributed by atoms with Crippen LogP contribution in [0.2, 0.25) is 5.02 Å². The van der Waals surface area contributed by atoms with Gasteiger partial charge >= 0.3 is 6.18 Å². The van der Waals surface area contributed by atoms with Gasteiger partial charge in [0.25, 0.3) is 0 Å². The van der Waals surface area contributed by atoms with Gasteiger partial charge in [-0.2, -0.15) is 13.2 Å². The molecule has 3 nitrogen and oxygen atoms in total. The number of hydrazine groups is 1. The normalized spacial score (nSPS) is 11.9. The fraction of sp³-hybridized carbons (Fsp3) is 0.308. The van der Waals surface area contributed by atoms with E-state index in [2.05, 4.69) is 10.4 Å². The molecule has 20 heavy (non-hydrogen) atoms. The van der Waals surface area contributed by atoms with Crippen LogP contribution in [-0.2, 0) is 12.6 Å². The molecule has 0 amide bonds. The summed E-state index contributed by atoms with van der Waals surface area (Å²) < 4.78 is 39.1. The molecule has 0 aliphatic carbocycles. The van der Waals surface area contributed by atoms with Crippen molar-refractivity contribution >= 4 is 28.3 Å². The van der Waals surface area contributed by atoms with Gasteiger partial charge in [-0.1, -0.05) is 24.9 Å². The second-order valence-corrected chi connectivity index (χ2v) is 4.85. The second kappa shape index (κ2) is 5.46. The molecule has 0 fully saturated rings. The van der Waals surface area contributed by atoms with Crippen molar-refractivity contribution in [3.63, 3.8) is 0 Å². The summed E-state index contributed by atoms with van der Waals surface area (Å²) in [6, 6.07) is 3.98. The number of rotatable bonds is 3. The average molecular weight is 304 g/mol. The standard InChI is InChI=1S/C13H13ClF3N3/c1-2-3-7-4-8-5-9(14)6-10(13(15,16)17)11(8)19-12(7)20-18/h4-6H,2-3,18H2,1H3,(H,19,20). The van der Waals surface area contributed by atoms with E-state index in [9.17, 15) is 13.2 Å². The van der Waals surface area contributed by atoms with E-state index >= 15 is 0 Å². The number of hydrogen-bond donors (Lipinski definition) is 2. The van der Waals surface area contributed by atoms with Crippen LogP contribution in [0.3, 0.4) is 0 Å². The zero-order valence-electron chi connectivity index (χ0n) is 10.7. The molecule has 3 N–H and O–H groups in total. The van der Waals surface area contributed by atoms with Gasteiger partial charge in [0.2, 0.25) is 0 Å². The number of anilines is 1. The van der Waals surface area contributed by atoms with Crippen LogP contribution < -0.4 is 11.3 Å². The Kier molecular flexibility index (Phi) is 4.06. The zero-order chi connectivity index (χ0) is 14.9. The molecule has 0 bridgehead atoms. The molecule has 0 radical (unpaired) electrons. The molecule has 1 aromatic heterocycles. The quantitative estimate of drug-likeness (QED) is 0.661. The fourth-order valence-electron chi connectivity index (χ4n) is 2.10. The molecular weight excluding hydrogens is 291 g/mol. The van der Waals surface area contributed by atoms with E-state index in [0.29, 0.717) is 11.8 Å². The van der Waals surface area contributed by atoms with Gasteiger partial charge in [-0.15, -0.1) is 0 Å². The number of nitrogens with zero attached hydrogens (tertiary/aromatic N) is 1. The Morgan fingerprint density at radius 3 is 2.55 bits per heavy atom. The lowest BCUT2D eigenvalue weighted by molar-refractivity contribution is -0.136. The van der Waals surface area contributed by atoms with E-state index in [0.717, 1.165) is 18.1 Å². The first kappa shape index (κ1) is 14.9. The number of hydrogen-bond acceptors (Lipinski definition) is 3. The monoisotopic (exact) mass is 303 g/mol. The van der Waals surface area contributed by atoms with Gasteiger partial charge in [0, 0.05) is 10.4 Å². The van der Waals surface area contributed by atoms with Crippen molar-refractivity contribution in [1.82, 2.24) is 4.98 Å². The van der Waals surface area contributed by atoms with E-state index in [1.165, 1.54) is 6.07 Å². The van der Waals surface area contributed by atoms with E-state index in [4.69, 9.17) is 17.4 Å². The molecular formula is C13H13ClF3N3. The highest BCUT2D eigenvalue weighted by molar-refractivity contribution is 6.31. The second-order valence-electron chi connectivity index (χ2n) is 4.41. The van der Waals surface area contributed by atoms with Gasteiger partial charge in [0.15, 0.2) is 0 Å². The number of fused-ring (bicyclic) bond motifs is 1. The van der Waals surface area contributed by atoms with Gasteiger partial charge in [0.1, 0.15) is 5.82 Å². The Morgan fingerprint density at radius 2 is 2.00 bits per heavy atom. The summed E-state index contributed by atoms with van der Waals surface area (Å²) in [6.45, 7) is 1.96. The maximum Gasteiger partial charge on any atom is 0.418 e. The highest BCUT2D eigenvalue weighted by Crippen LogP contribution is 2.37. The lowest BCUT2D eigenvalue weighted by Gasteiger charge is -2.14.